The molecule has 0 aliphatic carbocycles. The van der Waals surface area contributed by atoms with Crippen LogP contribution in [-0.4, -0.2) is 38.1 Å². The van der Waals surface area contributed by atoms with Gasteiger partial charge in [0.1, 0.15) is 6.54 Å². The molecule has 0 fully saturated rings. The minimum atomic E-state index is -0.699. The number of aryl methyl sites for hydroxylation is 1. The Labute approximate surface area is 116 Å². The van der Waals surface area contributed by atoms with Gasteiger partial charge in [-0.25, -0.2) is 0 Å². The first kappa shape index (κ1) is 14.3. The standard InChI is InChI=1S/C13H18N4O3/c1-9-5-14-17(6-9)7-10-4-11(16-20-10)12(19)15-13(2,3)8-18/h4-6,18H,7-8H2,1-3H3,(H,15,19). The molecule has 1 amide bonds. The molecule has 7 nitrogen and oxygen atoms in total. The maximum atomic E-state index is 11.9. The van der Waals surface area contributed by atoms with Gasteiger partial charge in [-0.2, -0.15) is 5.10 Å². The van der Waals surface area contributed by atoms with Gasteiger partial charge in [-0.3, -0.25) is 9.48 Å². The van der Waals surface area contributed by atoms with E-state index in [-0.39, 0.29) is 18.2 Å². The van der Waals surface area contributed by atoms with Gasteiger partial charge < -0.3 is 14.9 Å². The van der Waals surface area contributed by atoms with Gasteiger partial charge in [0.25, 0.3) is 5.91 Å². The minimum Gasteiger partial charge on any atom is -0.394 e. The molecule has 2 aromatic heterocycles. The number of hydrogen-bond donors (Lipinski definition) is 2. The van der Waals surface area contributed by atoms with E-state index < -0.39 is 5.54 Å². The molecule has 2 N–H and O–H groups in total. The highest BCUT2D eigenvalue weighted by molar-refractivity contribution is 5.92. The first-order valence-electron chi connectivity index (χ1n) is 6.28. The second-order valence-electron chi connectivity index (χ2n) is 5.39. The SMILES string of the molecule is Cc1cnn(Cc2cc(C(=O)NC(C)(C)CO)no2)c1. The van der Waals surface area contributed by atoms with Crippen LogP contribution in [0.1, 0.15) is 35.7 Å². The van der Waals surface area contributed by atoms with Crippen molar-refractivity contribution in [2.75, 3.05) is 6.61 Å². The van der Waals surface area contributed by atoms with Gasteiger partial charge in [0, 0.05) is 12.3 Å². The second-order valence-corrected chi connectivity index (χ2v) is 5.39. The van der Waals surface area contributed by atoms with E-state index in [9.17, 15) is 4.79 Å². The Balaban J connectivity index is 2.03. The van der Waals surface area contributed by atoms with Gasteiger partial charge in [0.2, 0.25) is 0 Å². The average Bonchev–Trinajstić information content (AvgIpc) is 2.99. The zero-order valence-electron chi connectivity index (χ0n) is 11.8. The molecule has 2 rings (SSSR count). The summed E-state index contributed by atoms with van der Waals surface area (Å²) in [5.74, 6) is 0.163. The summed E-state index contributed by atoms with van der Waals surface area (Å²) in [7, 11) is 0. The molecular weight excluding hydrogens is 260 g/mol. The summed E-state index contributed by atoms with van der Waals surface area (Å²) in [6.45, 7) is 5.64. The lowest BCUT2D eigenvalue weighted by Crippen LogP contribution is -2.46. The number of carbonyl (C=O) groups excluding carboxylic acids is 1. The number of amides is 1. The normalized spacial score (nSPS) is 11.6. The molecule has 0 spiro atoms. The van der Waals surface area contributed by atoms with E-state index in [4.69, 9.17) is 9.63 Å². The predicted octanol–water partition coefficient (Wildman–Crippen LogP) is 0.729. The van der Waals surface area contributed by atoms with Crippen LogP contribution in [0.25, 0.3) is 0 Å². The molecule has 0 aromatic carbocycles. The van der Waals surface area contributed by atoms with Crippen molar-refractivity contribution >= 4 is 5.91 Å². The van der Waals surface area contributed by atoms with Crippen LogP contribution in [0.3, 0.4) is 0 Å². The fourth-order valence-electron chi connectivity index (χ4n) is 1.62. The molecule has 7 heteroatoms. The number of aliphatic hydroxyl groups is 1. The van der Waals surface area contributed by atoms with Crippen molar-refractivity contribution in [2.45, 2.75) is 32.9 Å². The summed E-state index contributed by atoms with van der Waals surface area (Å²) < 4.78 is 6.82. The topological polar surface area (TPSA) is 93.2 Å². The van der Waals surface area contributed by atoms with Crippen LogP contribution in [0.5, 0.6) is 0 Å². The van der Waals surface area contributed by atoms with E-state index >= 15 is 0 Å². The highest BCUT2D eigenvalue weighted by atomic mass is 16.5. The fourth-order valence-corrected chi connectivity index (χ4v) is 1.62. The monoisotopic (exact) mass is 278 g/mol. The Bertz CT molecular complexity index is 600. The third-order valence-electron chi connectivity index (χ3n) is 2.72. The van der Waals surface area contributed by atoms with Gasteiger partial charge >= 0.3 is 0 Å². The van der Waals surface area contributed by atoms with Crippen LogP contribution in [0.2, 0.25) is 0 Å². The molecular formula is C13H18N4O3. The number of aromatic nitrogens is 3. The molecule has 0 aliphatic rings. The fraction of sp³-hybridized carbons (Fsp3) is 0.462. The molecule has 20 heavy (non-hydrogen) atoms. The molecule has 0 unspecified atom stereocenters. The highest BCUT2D eigenvalue weighted by Crippen LogP contribution is 2.08. The number of rotatable bonds is 5. The van der Waals surface area contributed by atoms with Crippen molar-refractivity contribution in [2.24, 2.45) is 0 Å². The van der Waals surface area contributed by atoms with Crippen LogP contribution in [0.15, 0.2) is 23.0 Å². The maximum absolute atomic E-state index is 11.9. The quantitative estimate of drug-likeness (QED) is 0.841. The largest absolute Gasteiger partial charge is 0.394 e. The highest BCUT2D eigenvalue weighted by Gasteiger charge is 2.22. The first-order valence-corrected chi connectivity index (χ1v) is 6.28. The number of hydrogen-bond acceptors (Lipinski definition) is 5. The molecule has 0 radical (unpaired) electrons. The lowest BCUT2D eigenvalue weighted by molar-refractivity contribution is 0.0860. The van der Waals surface area contributed by atoms with E-state index in [2.05, 4.69) is 15.6 Å². The Kier molecular flexibility index (Phi) is 3.89. The summed E-state index contributed by atoms with van der Waals surface area (Å²) >= 11 is 0. The Morgan fingerprint density at radius 2 is 2.30 bits per heavy atom. The summed E-state index contributed by atoms with van der Waals surface area (Å²) in [5.41, 5.74) is 0.535. The van der Waals surface area contributed by atoms with E-state index in [0.29, 0.717) is 12.3 Å². The summed E-state index contributed by atoms with van der Waals surface area (Å²) in [6, 6.07) is 1.57. The summed E-state index contributed by atoms with van der Waals surface area (Å²) in [5, 5.41) is 19.7. The van der Waals surface area contributed by atoms with Crippen molar-refractivity contribution in [1.29, 1.82) is 0 Å². The Hall–Kier alpha value is -2.15. The number of nitrogens with one attached hydrogen (secondary N) is 1. The van der Waals surface area contributed by atoms with Crippen molar-refractivity contribution in [3.05, 3.63) is 35.5 Å². The van der Waals surface area contributed by atoms with Crippen LogP contribution in [-0.2, 0) is 6.54 Å². The third kappa shape index (κ3) is 3.45. The minimum absolute atomic E-state index is 0.157. The molecule has 0 saturated carbocycles. The maximum Gasteiger partial charge on any atom is 0.273 e. The van der Waals surface area contributed by atoms with Crippen molar-refractivity contribution in [3.8, 4) is 0 Å². The average molecular weight is 278 g/mol. The molecule has 108 valence electrons. The van der Waals surface area contributed by atoms with Crippen LogP contribution < -0.4 is 5.32 Å². The molecule has 0 bridgehead atoms. The summed E-state index contributed by atoms with van der Waals surface area (Å²) in [4.78, 5) is 11.9. The van der Waals surface area contributed by atoms with Crippen LogP contribution in [0.4, 0.5) is 0 Å². The van der Waals surface area contributed by atoms with Crippen molar-refractivity contribution in [1.82, 2.24) is 20.3 Å². The summed E-state index contributed by atoms with van der Waals surface area (Å²) in [6.07, 6.45) is 3.62. The van der Waals surface area contributed by atoms with E-state index in [1.165, 1.54) is 0 Å². The Morgan fingerprint density at radius 1 is 1.55 bits per heavy atom. The van der Waals surface area contributed by atoms with Crippen molar-refractivity contribution in [3.63, 3.8) is 0 Å². The Morgan fingerprint density at radius 3 is 2.90 bits per heavy atom. The smallest absolute Gasteiger partial charge is 0.273 e. The molecule has 0 atom stereocenters. The van der Waals surface area contributed by atoms with Gasteiger partial charge in [-0.15, -0.1) is 0 Å². The predicted molar refractivity (Wildman–Crippen MR) is 71.2 cm³/mol. The first-order chi connectivity index (χ1) is 9.39. The van der Waals surface area contributed by atoms with Gasteiger partial charge in [-0.05, 0) is 26.3 Å². The molecule has 2 aromatic rings. The van der Waals surface area contributed by atoms with E-state index in [0.717, 1.165) is 5.56 Å². The number of nitrogens with zero attached hydrogens (tertiary/aromatic N) is 3. The van der Waals surface area contributed by atoms with Crippen LogP contribution in [0, 0.1) is 6.92 Å². The van der Waals surface area contributed by atoms with Crippen LogP contribution >= 0.6 is 0 Å². The van der Waals surface area contributed by atoms with Gasteiger partial charge in [0.15, 0.2) is 11.5 Å². The lowest BCUT2D eigenvalue weighted by Gasteiger charge is -2.22. The van der Waals surface area contributed by atoms with Gasteiger partial charge in [0.05, 0.1) is 18.3 Å². The molecule has 0 aliphatic heterocycles. The third-order valence-corrected chi connectivity index (χ3v) is 2.72. The lowest BCUT2D eigenvalue weighted by atomic mass is 10.1. The van der Waals surface area contributed by atoms with Gasteiger partial charge in [-0.1, -0.05) is 5.16 Å². The zero-order chi connectivity index (χ0) is 14.8. The zero-order valence-corrected chi connectivity index (χ0v) is 11.8. The second kappa shape index (κ2) is 5.46. The number of carbonyl (C=O) groups is 1. The molecule has 2 heterocycles. The van der Waals surface area contributed by atoms with E-state index in [1.54, 1.807) is 30.8 Å². The van der Waals surface area contributed by atoms with Crippen molar-refractivity contribution < 1.29 is 14.4 Å². The molecule has 0 saturated heterocycles. The van der Waals surface area contributed by atoms with E-state index in [1.807, 2.05) is 13.1 Å². The number of aliphatic hydroxyl groups excluding tert-OH is 1.